The normalized spacial score (nSPS) is 22.2. The minimum absolute atomic E-state index is 0.609. The first kappa shape index (κ1) is 9.43. The van der Waals surface area contributed by atoms with Crippen molar-refractivity contribution in [2.45, 2.75) is 12.5 Å². The second kappa shape index (κ2) is 3.94. The Morgan fingerprint density at radius 1 is 1.77 bits per heavy atom. The van der Waals surface area contributed by atoms with Gasteiger partial charge in [-0.2, -0.15) is 0 Å². The Balaban J connectivity index is 2.07. The molecule has 1 aliphatic rings. The topological polar surface area (TPSA) is 28.2 Å². The average Bonchev–Trinajstić information content (AvgIpc) is 2.72. The minimum Gasteiger partial charge on any atom is -0.347 e. The van der Waals surface area contributed by atoms with Gasteiger partial charge in [-0.1, -0.05) is 0 Å². The molecule has 0 amide bonds. The van der Waals surface area contributed by atoms with Crippen LogP contribution in [0.15, 0.2) is 9.98 Å². The van der Waals surface area contributed by atoms with Crippen molar-refractivity contribution in [3.05, 3.63) is 9.98 Å². The highest BCUT2D eigenvalue weighted by Gasteiger charge is 2.20. The molecule has 1 fully saturated rings. The van der Waals surface area contributed by atoms with Gasteiger partial charge < -0.3 is 10.2 Å². The molecule has 1 N–H and O–H groups in total. The van der Waals surface area contributed by atoms with Crippen LogP contribution in [-0.4, -0.2) is 31.2 Å². The fourth-order valence-electron chi connectivity index (χ4n) is 1.53. The molecular formula is C8H12BrN3S. The third-order valence-corrected chi connectivity index (χ3v) is 3.99. The van der Waals surface area contributed by atoms with Crippen LogP contribution in [0.4, 0.5) is 5.13 Å². The van der Waals surface area contributed by atoms with Crippen molar-refractivity contribution in [3.63, 3.8) is 0 Å². The molecule has 3 nitrogen and oxygen atoms in total. The van der Waals surface area contributed by atoms with Gasteiger partial charge in [0.1, 0.15) is 4.60 Å². The van der Waals surface area contributed by atoms with E-state index < -0.39 is 0 Å². The van der Waals surface area contributed by atoms with Gasteiger partial charge in [0.15, 0.2) is 5.13 Å². The summed E-state index contributed by atoms with van der Waals surface area (Å²) in [6.07, 6.45) is 1.22. The van der Waals surface area contributed by atoms with Crippen molar-refractivity contribution in [1.82, 2.24) is 10.3 Å². The lowest BCUT2D eigenvalue weighted by molar-refractivity contribution is 0.683. The van der Waals surface area contributed by atoms with E-state index in [1.165, 1.54) is 6.42 Å². The molecule has 0 aromatic carbocycles. The van der Waals surface area contributed by atoms with Gasteiger partial charge in [-0.3, -0.25) is 0 Å². The number of aromatic nitrogens is 1. The summed E-state index contributed by atoms with van der Waals surface area (Å²) in [6.45, 7) is 2.20. The van der Waals surface area contributed by atoms with Crippen molar-refractivity contribution in [3.8, 4) is 0 Å². The maximum atomic E-state index is 4.39. The number of halogens is 1. The Morgan fingerprint density at radius 2 is 2.62 bits per heavy atom. The second-order valence-corrected chi connectivity index (χ2v) is 4.86. The number of likely N-dealkylation sites (N-methyl/N-ethyl adjacent to an activating group) is 1. The predicted octanol–water partition coefficient (Wildman–Crippen LogP) is 1.70. The Kier molecular flexibility index (Phi) is 2.86. The van der Waals surface area contributed by atoms with E-state index in [0.29, 0.717) is 6.04 Å². The number of hydrogen-bond donors (Lipinski definition) is 1. The van der Waals surface area contributed by atoms with Crippen LogP contribution in [0, 0.1) is 0 Å². The molecule has 1 aromatic rings. The maximum Gasteiger partial charge on any atom is 0.186 e. The highest BCUT2D eigenvalue weighted by molar-refractivity contribution is 9.10. The molecule has 1 aliphatic heterocycles. The quantitative estimate of drug-likeness (QED) is 0.879. The number of anilines is 1. The molecule has 0 spiro atoms. The number of rotatable bonds is 2. The van der Waals surface area contributed by atoms with Gasteiger partial charge >= 0.3 is 0 Å². The van der Waals surface area contributed by atoms with Crippen molar-refractivity contribution < 1.29 is 0 Å². The van der Waals surface area contributed by atoms with Gasteiger partial charge in [-0.05, 0) is 28.9 Å². The fourth-order valence-corrected chi connectivity index (χ4v) is 2.82. The summed E-state index contributed by atoms with van der Waals surface area (Å²) in [5, 5.41) is 6.47. The summed E-state index contributed by atoms with van der Waals surface area (Å²) >= 11 is 5.05. The van der Waals surface area contributed by atoms with Gasteiger partial charge in [0.05, 0.1) is 0 Å². The summed E-state index contributed by atoms with van der Waals surface area (Å²) in [5.74, 6) is 0. The van der Waals surface area contributed by atoms with E-state index in [2.05, 4.69) is 38.2 Å². The van der Waals surface area contributed by atoms with E-state index >= 15 is 0 Å². The number of nitrogens with zero attached hydrogens (tertiary/aromatic N) is 2. The van der Waals surface area contributed by atoms with Gasteiger partial charge in [0.2, 0.25) is 0 Å². The Labute approximate surface area is 90.3 Å². The second-order valence-electron chi connectivity index (χ2n) is 3.21. The van der Waals surface area contributed by atoms with Gasteiger partial charge in [-0.15, -0.1) is 11.3 Å². The first-order valence-corrected chi connectivity index (χ1v) is 5.99. The first-order chi connectivity index (χ1) is 6.27. The van der Waals surface area contributed by atoms with Crippen molar-refractivity contribution >= 4 is 32.4 Å². The highest BCUT2D eigenvalue weighted by Crippen LogP contribution is 2.25. The van der Waals surface area contributed by atoms with Gasteiger partial charge in [0.25, 0.3) is 0 Å². The molecule has 1 unspecified atom stereocenters. The van der Waals surface area contributed by atoms with Crippen LogP contribution < -0.4 is 10.2 Å². The molecule has 0 bridgehead atoms. The molecule has 2 rings (SSSR count). The highest BCUT2D eigenvalue weighted by atomic mass is 79.9. The fraction of sp³-hybridized carbons (Fsp3) is 0.625. The number of nitrogens with one attached hydrogen (secondary N) is 1. The molecule has 1 aromatic heterocycles. The van der Waals surface area contributed by atoms with Crippen LogP contribution in [-0.2, 0) is 0 Å². The minimum atomic E-state index is 0.609. The molecule has 0 aliphatic carbocycles. The molecule has 13 heavy (non-hydrogen) atoms. The summed E-state index contributed by atoms with van der Waals surface area (Å²) in [6, 6.07) is 0.609. The summed E-state index contributed by atoms with van der Waals surface area (Å²) in [4.78, 5) is 6.65. The molecule has 1 saturated heterocycles. The van der Waals surface area contributed by atoms with E-state index in [4.69, 9.17) is 0 Å². The largest absolute Gasteiger partial charge is 0.347 e. The van der Waals surface area contributed by atoms with Crippen LogP contribution in [0.25, 0.3) is 0 Å². The number of thiazole rings is 1. The molecule has 2 heterocycles. The Morgan fingerprint density at radius 3 is 3.15 bits per heavy atom. The molecular weight excluding hydrogens is 250 g/mol. The zero-order valence-electron chi connectivity index (χ0n) is 7.46. The Bertz CT molecular complexity index is 283. The van der Waals surface area contributed by atoms with E-state index in [9.17, 15) is 0 Å². The summed E-state index contributed by atoms with van der Waals surface area (Å²) < 4.78 is 0.935. The zero-order valence-corrected chi connectivity index (χ0v) is 9.86. The van der Waals surface area contributed by atoms with E-state index in [0.717, 1.165) is 22.8 Å². The third-order valence-electron chi connectivity index (χ3n) is 2.35. The lowest BCUT2D eigenvalue weighted by atomic mass is 10.2. The van der Waals surface area contributed by atoms with Crippen LogP contribution in [0.3, 0.4) is 0 Å². The van der Waals surface area contributed by atoms with Crippen LogP contribution in [0.5, 0.6) is 0 Å². The maximum absolute atomic E-state index is 4.39. The molecule has 1 atom stereocenters. The van der Waals surface area contributed by atoms with Crippen molar-refractivity contribution in [2.75, 3.05) is 25.0 Å². The van der Waals surface area contributed by atoms with Crippen LogP contribution in [0.2, 0.25) is 0 Å². The molecule has 0 saturated carbocycles. The van der Waals surface area contributed by atoms with Gasteiger partial charge in [-0.25, -0.2) is 4.98 Å². The van der Waals surface area contributed by atoms with Crippen LogP contribution in [0.1, 0.15) is 6.42 Å². The summed E-state index contributed by atoms with van der Waals surface area (Å²) in [5.41, 5.74) is 0. The predicted molar refractivity (Wildman–Crippen MR) is 59.5 cm³/mol. The Hall–Kier alpha value is -0.130. The SMILES string of the molecule is CN(c1nc(Br)cs1)C1CCNC1. The zero-order chi connectivity index (χ0) is 9.26. The van der Waals surface area contributed by atoms with Crippen molar-refractivity contribution in [2.24, 2.45) is 0 Å². The molecule has 0 radical (unpaired) electrons. The lowest BCUT2D eigenvalue weighted by Crippen LogP contribution is -2.33. The van der Waals surface area contributed by atoms with Gasteiger partial charge in [0, 0.05) is 25.0 Å². The van der Waals surface area contributed by atoms with E-state index in [-0.39, 0.29) is 0 Å². The lowest BCUT2D eigenvalue weighted by Gasteiger charge is -2.22. The first-order valence-electron chi connectivity index (χ1n) is 4.32. The van der Waals surface area contributed by atoms with E-state index in [1.54, 1.807) is 11.3 Å². The molecule has 72 valence electrons. The summed E-state index contributed by atoms with van der Waals surface area (Å²) in [7, 11) is 2.11. The monoisotopic (exact) mass is 261 g/mol. The average molecular weight is 262 g/mol. The smallest absolute Gasteiger partial charge is 0.186 e. The number of hydrogen-bond acceptors (Lipinski definition) is 4. The van der Waals surface area contributed by atoms with Crippen molar-refractivity contribution in [1.29, 1.82) is 0 Å². The standard InChI is InChI=1S/C8H12BrN3S/c1-12(6-2-3-10-4-6)8-11-7(9)5-13-8/h5-6,10H,2-4H2,1H3. The van der Waals surface area contributed by atoms with Crippen LogP contribution >= 0.6 is 27.3 Å². The molecule has 5 heteroatoms. The third kappa shape index (κ3) is 2.03. The van der Waals surface area contributed by atoms with E-state index in [1.807, 2.05) is 5.38 Å².